The molecule has 6 nitrogen and oxygen atoms in total. The Hall–Kier alpha value is -3.55. The van der Waals surface area contributed by atoms with Gasteiger partial charge in [-0.05, 0) is 61.4 Å². The number of halogens is 3. The minimum Gasteiger partial charge on any atom is -0.507 e. The van der Waals surface area contributed by atoms with Crippen LogP contribution in [0.4, 0.5) is 10.1 Å². The van der Waals surface area contributed by atoms with Crippen LogP contribution in [0.5, 0.6) is 5.75 Å². The molecule has 1 N–H and O–H groups in total. The van der Waals surface area contributed by atoms with Crippen LogP contribution in [0.15, 0.2) is 66.2 Å². The van der Waals surface area contributed by atoms with Crippen molar-refractivity contribution in [2.24, 2.45) is 0 Å². The van der Waals surface area contributed by atoms with E-state index < -0.39 is 29.3 Å². The number of aliphatic hydroxyl groups is 1. The number of methoxy groups -OCH3 is 1. The highest BCUT2D eigenvalue weighted by Gasteiger charge is 2.46. The van der Waals surface area contributed by atoms with Gasteiger partial charge in [-0.15, -0.1) is 0 Å². The number of ketones is 1. The summed E-state index contributed by atoms with van der Waals surface area (Å²) in [4.78, 5) is 30.3. The van der Waals surface area contributed by atoms with Crippen molar-refractivity contribution in [2.45, 2.75) is 26.4 Å². The normalized spacial score (nSPS) is 16.7. The zero-order chi connectivity index (χ0) is 27.6. The zero-order valence-electron chi connectivity index (χ0n) is 21.2. The summed E-state index contributed by atoms with van der Waals surface area (Å²) in [5, 5.41) is 11.8. The van der Waals surface area contributed by atoms with E-state index in [1.165, 1.54) is 36.3 Å². The largest absolute Gasteiger partial charge is 0.507 e. The van der Waals surface area contributed by atoms with Crippen LogP contribution >= 0.6 is 23.2 Å². The van der Waals surface area contributed by atoms with Crippen LogP contribution in [0.25, 0.3) is 5.76 Å². The molecule has 3 aromatic rings. The maximum Gasteiger partial charge on any atom is 0.295 e. The van der Waals surface area contributed by atoms with Gasteiger partial charge in [0, 0.05) is 30.3 Å². The molecular formula is C29H27Cl2FN2O4. The number of likely N-dealkylation sites (tertiary alicyclic amines) is 1. The van der Waals surface area contributed by atoms with Crippen LogP contribution in [-0.2, 0) is 16.1 Å². The maximum absolute atomic E-state index is 13.5. The van der Waals surface area contributed by atoms with Crippen molar-refractivity contribution in [2.75, 3.05) is 25.1 Å². The second-order valence-electron chi connectivity index (χ2n) is 8.79. The van der Waals surface area contributed by atoms with E-state index in [9.17, 15) is 19.1 Å². The summed E-state index contributed by atoms with van der Waals surface area (Å²) in [6, 6.07) is 15.1. The van der Waals surface area contributed by atoms with Gasteiger partial charge in [-0.25, -0.2) is 4.39 Å². The van der Waals surface area contributed by atoms with Gasteiger partial charge in [0.1, 0.15) is 17.3 Å². The quantitative estimate of drug-likeness (QED) is 0.192. The zero-order valence-corrected chi connectivity index (χ0v) is 22.7. The third-order valence-electron chi connectivity index (χ3n) is 6.61. The third kappa shape index (κ3) is 5.22. The van der Waals surface area contributed by atoms with E-state index in [-0.39, 0.29) is 33.5 Å². The molecule has 1 atom stereocenters. The second kappa shape index (κ2) is 11.5. The highest BCUT2D eigenvalue weighted by atomic mass is 35.5. The Kier molecular flexibility index (Phi) is 8.29. The van der Waals surface area contributed by atoms with Crippen molar-refractivity contribution in [1.82, 2.24) is 4.90 Å². The van der Waals surface area contributed by atoms with E-state index in [4.69, 9.17) is 27.9 Å². The molecule has 9 heteroatoms. The number of Topliss-reactive ketones (excluding diaryl/α,β-unsaturated/α-hetero) is 1. The standard InChI is InChI=1S/C29H27Cl2FN2O4/c1-4-33(5-2)21-12-8-18(9-13-21)25-24(26(35)22-14-19(30)15-23(31)28(22)38-3)27(36)29(37)34(25)16-17-6-10-20(32)11-7-17/h6-15,25,35H,4-5,16H2,1-3H3/b26-24+. The predicted octanol–water partition coefficient (Wildman–Crippen LogP) is 6.61. The first-order chi connectivity index (χ1) is 18.2. The van der Waals surface area contributed by atoms with E-state index in [2.05, 4.69) is 18.7 Å². The van der Waals surface area contributed by atoms with Gasteiger partial charge in [0.15, 0.2) is 0 Å². The Morgan fingerprint density at radius 1 is 1.03 bits per heavy atom. The monoisotopic (exact) mass is 556 g/mol. The van der Waals surface area contributed by atoms with Crippen molar-refractivity contribution in [1.29, 1.82) is 0 Å². The lowest BCUT2D eigenvalue weighted by Gasteiger charge is -2.27. The Labute approximate surface area is 230 Å². The number of hydrogen-bond donors (Lipinski definition) is 1. The fourth-order valence-corrected chi connectivity index (χ4v) is 5.29. The molecule has 1 fully saturated rings. The molecule has 1 heterocycles. The number of carbonyl (C=O) groups excluding carboxylic acids is 2. The van der Waals surface area contributed by atoms with Gasteiger partial charge < -0.3 is 19.6 Å². The number of aliphatic hydroxyl groups excluding tert-OH is 1. The number of anilines is 1. The lowest BCUT2D eigenvalue weighted by molar-refractivity contribution is -0.140. The van der Waals surface area contributed by atoms with Crippen LogP contribution < -0.4 is 9.64 Å². The summed E-state index contributed by atoms with van der Waals surface area (Å²) >= 11 is 12.5. The molecule has 1 aliphatic heterocycles. The van der Waals surface area contributed by atoms with E-state index in [1.54, 1.807) is 12.1 Å². The summed E-state index contributed by atoms with van der Waals surface area (Å²) in [5.41, 5.74) is 2.20. The van der Waals surface area contributed by atoms with Gasteiger partial charge in [-0.3, -0.25) is 9.59 Å². The van der Waals surface area contributed by atoms with Gasteiger partial charge in [-0.2, -0.15) is 0 Å². The Morgan fingerprint density at radius 2 is 1.66 bits per heavy atom. The first-order valence-electron chi connectivity index (χ1n) is 12.1. The topological polar surface area (TPSA) is 70.1 Å². The predicted molar refractivity (Wildman–Crippen MR) is 147 cm³/mol. The molecule has 1 unspecified atom stereocenters. The highest BCUT2D eigenvalue weighted by Crippen LogP contribution is 2.44. The molecule has 1 amide bonds. The molecule has 1 aliphatic rings. The van der Waals surface area contributed by atoms with Crippen molar-refractivity contribution in [3.05, 3.63) is 98.8 Å². The smallest absolute Gasteiger partial charge is 0.295 e. The van der Waals surface area contributed by atoms with Crippen LogP contribution in [0.2, 0.25) is 10.0 Å². The number of rotatable bonds is 8. The van der Waals surface area contributed by atoms with E-state index in [0.29, 0.717) is 11.1 Å². The molecule has 38 heavy (non-hydrogen) atoms. The summed E-state index contributed by atoms with van der Waals surface area (Å²) < 4.78 is 18.9. The fraction of sp³-hybridized carbons (Fsp3) is 0.241. The number of nitrogens with zero attached hydrogens (tertiary/aromatic N) is 2. The summed E-state index contributed by atoms with van der Waals surface area (Å²) in [7, 11) is 1.38. The molecule has 1 saturated heterocycles. The second-order valence-corrected chi connectivity index (χ2v) is 9.63. The number of hydrogen-bond acceptors (Lipinski definition) is 5. The lowest BCUT2D eigenvalue weighted by Crippen LogP contribution is -2.29. The molecule has 4 rings (SSSR count). The van der Waals surface area contributed by atoms with Gasteiger partial charge in [0.2, 0.25) is 0 Å². The summed E-state index contributed by atoms with van der Waals surface area (Å²) in [6.45, 7) is 5.76. The van der Waals surface area contributed by atoms with E-state index in [0.717, 1.165) is 18.8 Å². The van der Waals surface area contributed by atoms with Crippen molar-refractivity contribution in [3.63, 3.8) is 0 Å². The molecule has 3 aromatic carbocycles. The number of amides is 1. The Morgan fingerprint density at radius 3 is 2.24 bits per heavy atom. The molecule has 0 aromatic heterocycles. The lowest BCUT2D eigenvalue weighted by atomic mass is 9.94. The first-order valence-corrected chi connectivity index (χ1v) is 12.9. The molecule has 0 spiro atoms. The Balaban J connectivity index is 1.90. The summed E-state index contributed by atoms with van der Waals surface area (Å²) in [6.07, 6.45) is 0. The minimum atomic E-state index is -0.923. The highest BCUT2D eigenvalue weighted by molar-refractivity contribution is 6.46. The molecule has 198 valence electrons. The SMILES string of the molecule is CCN(CC)c1ccc(C2/C(=C(\O)c3cc(Cl)cc(Cl)c3OC)C(=O)C(=O)N2Cc2ccc(F)cc2)cc1. The molecule has 0 saturated carbocycles. The van der Waals surface area contributed by atoms with Crippen LogP contribution in [0, 0.1) is 5.82 Å². The van der Waals surface area contributed by atoms with Gasteiger partial charge >= 0.3 is 0 Å². The number of ether oxygens (including phenoxy) is 1. The average Bonchev–Trinajstić information content (AvgIpc) is 3.15. The average molecular weight is 557 g/mol. The van der Waals surface area contributed by atoms with Crippen LogP contribution in [0.1, 0.15) is 36.6 Å². The van der Waals surface area contributed by atoms with Gasteiger partial charge in [0.25, 0.3) is 11.7 Å². The molecular weight excluding hydrogens is 530 g/mol. The molecule has 0 aliphatic carbocycles. The van der Waals surface area contributed by atoms with Crippen LogP contribution in [0.3, 0.4) is 0 Å². The van der Waals surface area contributed by atoms with Crippen molar-refractivity contribution < 1.29 is 23.8 Å². The van der Waals surface area contributed by atoms with E-state index in [1.807, 2.05) is 24.3 Å². The minimum absolute atomic E-state index is 0.0253. The van der Waals surface area contributed by atoms with Gasteiger partial charge in [0.05, 0.1) is 29.3 Å². The first kappa shape index (κ1) is 27.5. The third-order valence-corrected chi connectivity index (χ3v) is 7.11. The maximum atomic E-state index is 13.5. The number of benzene rings is 3. The fourth-order valence-electron chi connectivity index (χ4n) is 4.72. The van der Waals surface area contributed by atoms with Gasteiger partial charge in [-0.1, -0.05) is 47.5 Å². The summed E-state index contributed by atoms with van der Waals surface area (Å²) in [5.74, 6) is -2.40. The Bertz CT molecular complexity index is 1390. The van der Waals surface area contributed by atoms with Crippen molar-refractivity contribution in [3.8, 4) is 5.75 Å². The van der Waals surface area contributed by atoms with Crippen LogP contribution in [-0.4, -0.2) is 41.9 Å². The molecule has 0 radical (unpaired) electrons. The van der Waals surface area contributed by atoms with E-state index >= 15 is 0 Å². The number of carbonyl (C=O) groups is 2. The van der Waals surface area contributed by atoms with Crippen molar-refractivity contribution >= 4 is 46.3 Å². The molecule has 0 bridgehead atoms.